The molecule has 1 atom stereocenters. The largest absolute Gasteiger partial charge is 0.150 e. The first kappa shape index (κ1) is 7.93. The summed E-state index contributed by atoms with van der Waals surface area (Å²) in [6.45, 7) is 0. The van der Waals surface area contributed by atoms with E-state index in [1.165, 1.54) is 17.7 Å². The van der Waals surface area contributed by atoms with Gasteiger partial charge >= 0.3 is 0 Å². The van der Waals surface area contributed by atoms with Crippen molar-refractivity contribution in [2.45, 2.75) is 11.7 Å². The van der Waals surface area contributed by atoms with Gasteiger partial charge in [0.1, 0.15) is 0 Å². The van der Waals surface area contributed by atoms with Crippen molar-refractivity contribution >= 4 is 11.8 Å². The number of benzene rings is 1. The Kier molecular flexibility index (Phi) is 2.52. The second kappa shape index (κ2) is 3.81. The van der Waals surface area contributed by atoms with Crippen molar-refractivity contribution in [2.24, 2.45) is 0 Å². The van der Waals surface area contributed by atoms with Crippen LogP contribution in [0.4, 0.5) is 0 Å². The van der Waals surface area contributed by atoms with Crippen LogP contribution in [0, 0.1) is 0 Å². The molecule has 0 fully saturated rings. The molecule has 1 aromatic carbocycles. The molecule has 0 aliphatic carbocycles. The summed E-state index contributed by atoms with van der Waals surface area (Å²) in [6.07, 6.45) is 5.76. The maximum Gasteiger partial charge on any atom is 0.0270 e. The van der Waals surface area contributed by atoms with Crippen molar-refractivity contribution in [3.05, 3.63) is 48.0 Å². The predicted molar refractivity (Wildman–Crippen MR) is 55.5 cm³/mol. The van der Waals surface area contributed by atoms with Gasteiger partial charge in [0, 0.05) is 11.0 Å². The Morgan fingerprint density at radius 2 is 2.08 bits per heavy atom. The zero-order valence-corrected chi connectivity index (χ0v) is 7.76. The second-order valence-corrected chi connectivity index (χ2v) is 4.26. The summed E-state index contributed by atoms with van der Waals surface area (Å²) in [6, 6.07) is 10.7. The van der Waals surface area contributed by atoms with Gasteiger partial charge < -0.3 is 0 Å². The van der Waals surface area contributed by atoms with Crippen LogP contribution in [0.15, 0.2) is 42.5 Å². The molecule has 0 nitrogen and oxygen atoms in total. The van der Waals surface area contributed by atoms with E-state index < -0.39 is 0 Å². The van der Waals surface area contributed by atoms with Crippen LogP contribution in [-0.2, 0) is 6.42 Å². The Balaban J connectivity index is 1.99. The topological polar surface area (TPSA) is 0 Å². The highest BCUT2D eigenvalue weighted by atomic mass is 32.2. The zero-order valence-electron chi connectivity index (χ0n) is 6.94. The van der Waals surface area contributed by atoms with Crippen molar-refractivity contribution in [1.29, 1.82) is 0 Å². The molecule has 12 heavy (non-hydrogen) atoms. The lowest BCUT2D eigenvalue weighted by Crippen LogP contribution is -1.99. The predicted octanol–water partition coefficient (Wildman–Crippen LogP) is 2.90. The monoisotopic (exact) mass is 176 g/mol. The zero-order chi connectivity index (χ0) is 8.23. The molecule has 0 amide bonds. The summed E-state index contributed by atoms with van der Waals surface area (Å²) in [5, 5.41) is 0.715. The first-order valence-electron chi connectivity index (χ1n) is 4.27. The highest BCUT2D eigenvalue weighted by Crippen LogP contribution is 2.22. The second-order valence-electron chi connectivity index (χ2n) is 2.99. The van der Waals surface area contributed by atoms with Gasteiger partial charge in [0.15, 0.2) is 0 Å². The third-order valence-electron chi connectivity index (χ3n) is 2.04. The third-order valence-corrected chi connectivity index (χ3v) is 3.17. The average Bonchev–Trinajstić information content (AvgIpc) is 2.59. The molecule has 0 radical (unpaired) electrons. The normalized spacial score (nSPS) is 21.5. The number of hydrogen-bond donors (Lipinski definition) is 0. The molecule has 0 spiro atoms. The summed E-state index contributed by atoms with van der Waals surface area (Å²) >= 11 is 2.03. The molecular weight excluding hydrogens is 164 g/mol. The molecule has 0 aromatic heterocycles. The molecule has 0 N–H and O–H groups in total. The summed E-state index contributed by atoms with van der Waals surface area (Å²) in [5.74, 6) is 1.19. The summed E-state index contributed by atoms with van der Waals surface area (Å²) in [7, 11) is 0. The highest BCUT2D eigenvalue weighted by molar-refractivity contribution is 8.00. The van der Waals surface area contributed by atoms with E-state index >= 15 is 0 Å². The van der Waals surface area contributed by atoms with Gasteiger partial charge in [-0.05, 0) is 12.0 Å². The van der Waals surface area contributed by atoms with Crippen molar-refractivity contribution in [3.8, 4) is 0 Å². The Hall–Kier alpha value is -0.690. The van der Waals surface area contributed by atoms with Gasteiger partial charge in [-0.1, -0.05) is 42.5 Å². The standard InChI is InChI=1S/C11H12S/c1-2-5-10(6-3-1)9-11-7-4-8-12-11/h1-7,11H,8-9H2. The molecule has 1 aliphatic heterocycles. The van der Waals surface area contributed by atoms with Crippen molar-refractivity contribution in [2.75, 3.05) is 5.75 Å². The molecule has 0 bridgehead atoms. The first-order valence-corrected chi connectivity index (χ1v) is 5.32. The Bertz CT molecular complexity index is 264. The van der Waals surface area contributed by atoms with E-state index in [1.54, 1.807) is 0 Å². The van der Waals surface area contributed by atoms with Gasteiger partial charge in [-0.25, -0.2) is 0 Å². The minimum Gasteiger partial charge on any atom is -0.150 e. The minimum absolute atomic E-state index is 0.715. The van der Waals surface area contributed by atoms with Gasteiger partial charge in [0.25, 0.3) is 0 Å². The van der Waals surface area contributed by atoms with Crippen LogP contribution in [0.1, 0.15) is 5.56 Å². The highest BCUT2D eigenvalue weighted by Gasteiger charge is 2.09. The van der Waals surface area contributed by atoms with Crippen LogP contribution in [0.25, 0.3) is 0 Å². The minimum atomic E-state index is 0.715. The summed E-state index contributed by atoms with van der Waals surface area (Å²) < 4.78 is 0. The summed E-state index contributed by atoms with van der Waals surface area (Å²) in [5.41, 5.74) is 1.45. The quantitative estimate of drug-likeness (QED) is 0.624. The van der Waals surface area contributed by atoms with Crippen LogP contribution in [0.2, 0.25) is 0 Å². The average molecular weight is 176 g/mol. The molecule has 1 unspecified atom stereocenters. The van der Waals surface area contributed by atoms with E-state index in [9.17, 15) is 0 Å². The fourth-order valence-corrected chi connectivity index (χ4v) is 2.42. The van der Waals surface area contributed by atoms with Crippen LogP contribution >= 0.6 is 11.8 Å². The van der Waals surface area contributed by atoms with E-state index in [0.717, 1.165) is 0 Å². The van der Waals surface area contributed by atoms with Crippen LogP contribution in [0.3, 0.4) is 0 Å². The van der Waals surface area contributed by atoms with Crippen molar-refractivity contribution < 1.29 is 0 Å². The lowest BCUT2D eigenvalue weighted by Gasteiger charge is -2.05. The van der Waals surface area contributed by atoms with Gasteiger partial charge in [-0.15, -0.1) is 11.8 Å². The maximum atomic E-state index is 2.32. The number of hydrogen-bond acceptors (Lipinski definition) is 1. The van der Waals surface area contributed by atoms with Gasteiger partial charge in [-0.2, -0.15) is 0 Å². The number of rotatable bonds is 2. The first-order chi connectivity index (χ1) is 5.95. The lowest BCUT2D eigenvalue weighted by molar-refractivity contribution is 1.03. The van der Waals surface area contributed by atoms with Crippen LogP contribution < -0.4 is 0 Å². The van der Waals surface area contributed by atoms with Gasteiger partial charge in [0.2, 0.25) is 0 Å². The van der Waals surface area contributed by atoms with Gasteiger partial charge in [-0.3, -0.25) is 0 Å². The molecule has 1 heterocycles. The SMILES string of the molecule is C1=CC(Cc2ccccc2)SC1. The molecule has 1 aliphatic rings. The van der Waals surface area contributed by atoms with Gasteiger partial charge in [0.05, 0.1) is 0 Å². The van der Waals surface area contributed by atoms with Crippen LogP contribution in [-0.4, -0.2) is 11.0 Å². The molecule has 2 rings (SSSR count). The van der Waals surface area contributed by atoms with E-state index in [0.29, 0.717) is 5.25 Å². The Morgan fingerprint density at radius 3 is 2.75 bits per heavy atom. The summed E-state index contributed by atoms with van der Waals surface area (Å²) in [4.78, 5) is 0. The lowest BCUT2D eigenvalue weighted by atomic mass is 10.1. The fraction of sp³-hybridized carbons (Fsp3) is 0.273. The van der Waals surface area contributed by atoms with E-state index in [4.69, 9.17) is 0 Å². The molecule has 1 heteroatoms. The van der Waals surface area contributed by atoms with Crippen molar-refractivity contribution in [3.63, 3.8) is 0 Å². The third kappa shape index (κ3) is 1.92. The smallest absolute Gasteiger partial charge is 0.0270 e. The van der Waals surface area contributed by atoms with Crippen LogP contribution in [0.5, 0.6) is 0 Å². The molecule has 0 saturated carbocycles. The molecule has 0 saturated heterocycles. The van der Waals surface area contributed by atoms with E-state index in [1.807, 2.05) is 11.8 Å². The maximum absolute atomic E-state index is 2.32. The molecular formula is C11H12S. The van der Waals surface area contributed by atoms with E-state index in [2.05, 4.69) is 42.5 Å². The molecule has 1 aromatic rings. The molecule has 62 valence electrons. The van der Waals surface area contributed by atoms with E-state index in [-0.39, 0.29) is 0 Å². The van der Waals surface area contributed by atoms with Crippen molar-refractivity contribution in [1.82, 2.24) is 0 Å². The number of thioether (sulfide) groups is 1. The Labute approximate surface area is 77.7 Å². The Morgan fingerprint density at radius 1 is 1.25 bits per heavy atom. The fourth-order valence-electron chi connectivity index (χ4n) is 1.42.